The molecule has 57 heavy (non-hydrogen) atoms. The summed E-state index contributed by atoms with van der Waals surface area (Å²) < 4.78 is 2.60. The topological polar surface area (TPSA) is 25.8 Å². The quantitative estimate of drug-likeness (QED) is 0.170. The van der Waals surface area contributed by atoms with Crippen molar-refractivity contribution in [1.29, 1.82) is 0 Å². The first-order chi connectivity index (χ1) is 28.2. The average molecular weight is 743 g/mol. The molecule has 0 N–H and O–H groups in total. The molecule has 9 aromatic carbocycles. The summed E-state index contributed by atoms with van der Waals surface area (Å²) in [7, 11) is 0. The van der Waals surface area contributed by atoms with Crippen LogP contribution >= 0.6 is 11.3 Å². The lowest BCUT2D eigenvalue weighted by atomic mass is 9.93. The highest BCUT2D eigenvalue weighted by molar-refractivity contribution is 7.25. The zero-order chi connectivity index (χ0) is 37.7. The van der Waals surface area contributed by atoms with Crippen LogP contribution in [-0.4, -0.2) is 9.97 Å². The van der Waals surface area contributed by atoms with Crippen molar-refractivity contribution in [3.63, 3.8) is 0 Å². The minimum Gasteiger partial charge on any atom is -0.228 e. The van der Waals surface area contributed by atoms with Crippen molar-refractivity contribution in [3.05, 3.63) is 206 Å². The van der Waals surface area contributed by atoms with E-state index in [-0.39, 0.29) is 0 Å². The van der Waals surface area contributed by atoms with E-state index in [9.17, 15) is 0 Å². The van der Waals surface area contributed by atoms with Gasteiger partial charge < -0.3 is 0 Å². The van der Waals surface area contributed by atoms with Crippen molar-refractivity contribution >= 4 is 53.1 Å². The summed E-state index contributed by atoms with van der Waals surface area (Å²) in [5.41, 5.74) is 11.8. The molecule has 11 rings (SSSR count). The molecule has 0 spiro atoms. The van der Waals surface area contributed by atoms with Crippen molar-refractivity contribution < 1.29 is 0 Å². The van der Waals surface area contributed by atoms with Crippen LogP contribution in [0.5, 0.6) is 0 Å². The standard InChI is InChI=1S/C54H34N2S/c1-2-14-37(15-3-1)54-55-50(42-19-10-18-41(29-42)47-22-11-17-36-13-6-7-20-46(36)47)34-51(56-54)45-31-43(39-25-24-35-12-4-5-16-38(35)28-39)30-44(32-45)40-26-27-53-49(33-40)48-21-8-9-23-52(48)57-53/h1-34H. The first-order valence-electron chi connectivity index (χ1n) is 19.3. The third-order valence-electron chi connectivity index (χ3n) is 11.0. The Labute approximate surface area is 335 Å². The summed E-state index contributed by atoms with van der Waals surface area (Å²) in [4.78, 5) is 10.6. The van der Waals surface area contributed by atoms with Crippen LogP contribution in [0.2, 0.25) is 0 Å². The lowest BCUT2D eigenvalue weighted by Crippen LogP contribution is -1.97. The van der Waals surface area contributed by atoms with E-state index in [0.29, 0.717) is 5.82 Å². The molecular formula is C54H34N2S. The van der Waals surface area contributed by atoms with Crippen LogP contribution in [-0.2, 0) is 0 Å². The number of nitrogens with zero attached hydrogens (tertiary/aromatic N) is 2. The zero-order valence-corrected chi connectivity index (χ0v) is 31.7. The Kier molecular flexibility index (Phi) is 8.04. The fraction of sp³-hybridized carbons (Fsp3) is 0. The molecule has 0 atom stereocenters. The second-order valence-corrected chi connectivity index (χ2v) is 15.7. The van der Waals surface area contributed by atoms with Gasteiger partial charge in [-0.2, -0.15) is 0 Å². The maximum atomic E-state index is 5.31. The van der Waals surface area contributed by atoms with Gasteiger partial charge in [-0.15, -0.1) is 11.3 Å². The number of fused-ring (bicyclic) bond motifs is 5. The van der Waals surface area contributed by atoms with Gasteiger partial charge in [0.2, 0.25) is 0 Å². The van der Waals surface area contributed by atoms with E-state index in [4.69, 9.17) is 9.97 Å². The Morgan fingerprint density at radius 2 is 0.860 bits per heavy atom. The van der Waals surface area contributed by atoms with Gasteiger partial charge in [-0.3, -0.25) is 0 Å². The third kappa shape index (κ3) is 6.15. The Bertz CT molecular complexity index is 3300. The molecule has 266 valence electrons. The summed E-state index contributed by atoms with van der Waals surface area (Å²) in [6.07, 6.45) is 0. The van der Waals surface area contributed by atoms with E-state index < -0.39 is 0 Å². The molecule has 0 aliphatic carbocycles. The number of benzene rings is 9. The number of thiophene rings is 1. The van der Waals surface area contributed by atoms with Gasteiger partial charge in [-0.1, -0.05) is 152 Å². The van der Waals surface area contributed by atoms with Gasteiger partial charge in [0.1, 0.15) is 0 Å². The maximum Gasteiger partial charge on any atom is 0.160 e. The van der Waals surface area contributed by atoms with Crippen LogP contribution in [0.4, 0.5) is 0 Å². The van der Waals surface area contributed by atoms with E-state index in [2.05, 4.69) is 200 Å². The van der Waals surface area contributed by atoms with Crippen molar-refractivity contribution in [2.24, 2.45) is 0 Å². The van der Waals surface area contributed by atoms with Crippen molar-refractivity contribution in [1.82, 2.24) is 9.97 Å². The first-order valence-corrected chi connectivity index (χ1v) is 20.1. The Morgan fingerprint density at radius 3 is 1.72 bits per heavy atom. The monoisotopic (exact) mass is 742 g/mol. The molecule has 0 bridgehead atoms. The summed E-state index contributed by atoms with van der Waals surface area (Å²) >= 11 is 1.85. The summed E-state index contributed by atoms with van der Waals surface area (Å²) in [5, 5.41) is 7.49. The van der Waals surface area contributed by atoms with Gasteiger partial charge in [0.05, 0.1) is 11.4 Å². The predicted octanol–water partition coefficient (Wildman–Crippen LogP) is 15.2. The van der Waals surface area contributed by atoms with Gasteiger partial charge in [-0.05, 0) is 110 Å². The molecule has 0 saturated heterocycles. The molecule has 0 aliphatic rings. The molecule has 0 unspecified atom stereocenters. The van der Waals surface area contributed by atoms with Crippen LogP contribution in [0.3, 0.4) is 0 Å². The smallest absolute Gasteiger partial charge is 0.160 e. The molecule has 3 heteroatoms. The van der Waals surface area contributed by atoms with E-state index in [1.165, 1.54) is 58.4 Å². The fourth-order valence-electron chi connectivity index (χ4n) is 8.17. The third-order valence-corrected chi connectivity index (χ3v) is 12.2. The molecule has 0 radical (unpaired) electrons. The van der Waals surface area contributed by atoms with Gasteiger partial charge in [0.25, 0.3) is 0 Å². The summed E-state index contributed by atoms with van der Waals surface area (Å²) in [6.45, 7) is 0. The minimum absolute atomic E-state index is 0.697. The number of aromatic nitrogens is 2. The van der Waals surface area contributed by atoms with Crippen molar-refractivity contribution in [3.8, 4) is 67.3 Å². The van der Waals surface area contributed by atoms with Crippen LogP contribution < -0.4 is 0 Å². The van der Waals surface area contributed by atoms with E-state index >= 15 is 0 Å². The molecule has 11 aromatic rings. The molecule has 0 saturated carbocycles. The molecular weight excluding hydrogens is 709 g/mol. The van der Waals surface area contributed by atoms with E-state index in [0.717, 1.165) is 44.8 Å². The average Bonchev–Trinajstić information content (AvgIpc) is 3.67. The lowest BCUT2D eigenvalue weighted by molar-refractivity contribution is 1.18. The minimum atomic E-state index is 0.697. The zero-order valence-electron chi connectivity index (χ0n) is 30.9. The number of hydrogen-bond acceptors (Lipinski definition) is 3. The SMILES string of the molecule is c1ccc(-c2nc(-c3cc(-c4ccc5ccccc5c4)cc(-c4ccc5sc6ccccc6c5c4)c3)cc(-c3cccc(-c4cccc5ccccc45)c3)n2)cc1. The van der Waals surface area contributed by atoms with Crippen molar-refractivity contribution in [2.45, 2.75) is 0 Å². The molecule has 2 heterocycles. The predicted molar refractivity (Wildman–Crippen MR) is 243 cm³/mol. The highest BCUT2D eigenvalue weighted by Gasteiger charge is 2.16. The highest BCUT2D eigenvalue weighted by atomic mass is 32.1. The Balaban J connectivity index is 1.12. The summed E-state index contributed by atoms with van der Waals surface area (Å²) in [5.74, 6) is 0.697. The summed E-state index contributed by atoms with van der Waals surface area (Å²) in [6, 6.07) is 74.2. The molecule has 0 fully saturated rings. The van der Waals surface area contributed by atoms with E-state index in [1.54, 1.807) is 0 Å². The first kappa shape index (κ1) is 33.2. The van der Waals surface area contributed by atoms with E-state index in [1.807, 2.05) is 17.4 Å². The normalized spacial score (nSPS) is 11.5. The Hall–Kier alpha value is -7.20. The van der Waals surface area contributed by atoms with Gasteiger partial charge in [0, 0.05) is 36.9 Å². The van der Waals surface area contributed by atoms with Crippen molar-refractivity contribution in [2.75, 3.05) is 0 Å². The van der Waals surface area contributed by atoms with Gasteiger partial charge >= 0.3 is 0 Å². The molecule has 2 aromatic heterocycles. The molecule has 0 aliphatic heterocycles. The second-order valence-electron chi connectivity index (χ2n) is 14.6. The molecule has 0 amide bonds. The fourth-order valence-corrected chi connectivity index (χ4v) is 9.25. The lowest BCUT2D eigenvalue weighted by Gasteiger charge is -2.14. The second kappa shape index (κ2) is 13.8. The number of hydrogen-bond donors (Lipinski definition) is 0. The van der Waals surface area contributed by atoms with Crippen LogP contribution in [0.25, 0.3) is 109 Å². The van der Waals surface area contributed by atoms with Gasteiger partial charge in [0.15, 0.2) is 5.82 Å². The van der Waals surface area contributed by atoms with Crippen LogP contribution in [0.15, 0.2) is 206 Å². The molecule has 2 nitrogen and oxygen atoms in total. The van der Waals surface area contributed by atoms with Crippen LogP contribution in [0, 0.1) is 0 Å². The number of rotatable bonds is 6. The Morgan fingerprint density at radius 1 is 0.281 bits per heavy atom. The maximum absolute atomic E-state index is 5.31. The highest BCUT2D eigenvalue weighted by Crippen LogP contribution is 2.40. The van der Waals surface area contributed by atoms with Crippen LogP contribution in [0.1, 0.15) is 0 Å². The van der Waals surface area contributed by atoms with Gasteiger partial charge in [-0.25, -0.2) is 9.97 Å². The largest absolute Gasteiger partial charge is 0.228 e.